The first kappa shape index (κ1) is 6.68. The lowest BCUT2D eigenvalue weighted by Gasteiger charge is -1.92. The lowest BCUT2D eigenvalue weighted by molar-refractivity contribution is 0.381. The van der Waals surface area contributed by atoms with Crippen LogP contribution in [-0.4, -0.2) is 5.16 Å². The molecule has 2 nitrogen and oxygen atoms in total. The average molecular weight is 143 g/mol. The molecule has 1 heterocycles. The van der Waals surface area contributed by atoms with Crippen LogP contribution >= 0.6 is 12.6 Å². The molecule has 0 bridgehead atoms. The molecule has 0 radical (unpaired) electrons. The van der Waals surface area contributed by atoms with E-state index in [0.29, 0.717) is 0 Å². The molecule has 0 N–H and O–H groups in total. The van der Waals surface area contributed by atoms with E-state index in [2.05, 4.69) is 17.8 Å². The van der Waals surface area contributed by atoms with E-state index in [0.717, 1.165) is 11.5 Å². The van der Waals surface area contributed by atoms with Gasteiger partial charge in [-0.1, -0.05) is 5.16 Å². The monoisotopic (exact) mass is 143 g/mol. The Kier molecular flexibility index (Phi) is 1.81. The second-order valence-electron chi connectivity index (χ2n) is 2.05. The third kappa shape index (κ3) is 1.48. The van der Waals surface area contributed by atoms with Gasteiger partial charge in [0.2, 0.25) is 0 Å². The Balaban J connectivity index is 2.85. The Hall–Kier alpha value is -0.440. The summed E-state index contributed by atoms with van der Waals surface area (Å²) in [6.45, 7) is 3.84. The van der Waals surface area contributed by atoms with Crippen LogP contribution in [-0.2, 0) is 0 Å². The number of hydrogen-bond acceptors (Lipinski definition) is 3. The molecule has 3 heteroatoms. The Bertz CT molecular complexity index is 195. The first-order valence-electron chi connectivity index (χ1n) is 2.81. The zero-order valence-electron chi connectivity index (χ0n) is 5.46. The minimum atomic E-state index is 0.145. The van der Waals surface area contributed by atoms with Crippen molar-refractivity contribution in [2.45, 2.75) is 19.1 Å². The van der Waals surface area contributed by atoms with Gasteiger partial charge in [-0.15, -0.1) is 0 Å². The molecule has 1 aromatic heterocycles. The number of hydrogen-bond donors (Lipinski definition) is 1. The number of aryl methyl sites for hydroxylation is 1. The Morgan fingerprint density at radius 2 is 2.44 bits per heavy atom. The van der Waals surface area contributed by atoms with E-state index in [1.165, 1.54) is 0 Å². The maximum atomic E-state index is 4.90. The molecule has 0 saturated carbocycles. The molecule has 0 aliphatic rings. The molecule has 0 aromatic carbocycles. The van der Waals surface area contributed by atoms with Gasteiger partial charge in [-0.25, -0.2) is 0 Å². The Morgan fingerprint density at radius 1 is 1.78 bits per heavy atom. The predicted octanol–water partition coefficient (Wildman–Crippen LogP) is 1.97. The standard InChI is InChI=1S/C6H9NOS/c1-4-3-6(5(2)9)8-7-4/h3,5,9H,1-2H3. The van der Waals surface area contributed by atoms with Crippen molar-refractivity contribution in [1.29, 1.82) is 0 Å². The smallest absolute Gasteiger partial charge is 0.149 e. The molecule has 0 saturated heterocycles. The van der Waals surface area contributed by atoms with Crippen LogP contribution in [0.15, 0.2) is 10.6 Å². The minimum absolute atomic E-state index is 0.145. The van der Waals surface area contributed by atoms with Crippen molar-refractivity contribution in [2.24, 2.45) is 0 Å². The maximum Gasteiger partial charge on any atom is 0.149 e. The fourth-order valence-corrected chi connectivity index (χ4v) is 0.702. The average Bonchev–Trinajstić information content (AvgIpc) is 2.14. The van der Waals surface area contributed by atoms with Gasteiger partial charge in [0.25, 0.3) is 0 Å². The van der Waals surface area contributed by atoms with E-state index in [4.69, 9.17) is 4.52 Å². The van der Waals surface area contributed by atoms with Crippen molar-refractivity contribution in [3.8, 4) is 0 Å². The highest BCUT2D eigenvalue weighted by Gasteiger charge is 2.04. The van der Waals surface area contributed by atoms with E-state index in [1.54, 1.807) is 0 Å². The SMILES string of the molecule is Cc1cc(C(C)S)on1. The lowest BCUT2D eigenvalue weighted by Crippen LogP contribution is -1.76. The van der Waals surface area contributed by atoms with Crippen molar-refractivity contribution in [2.75, 3.05) is 0 Å². The van der Waals surface area contributed by atoms with Crippen molar-refractivity contribution >= 4 is 12.6 Å². The van der Waals surface area contributed by atoms with Crippen LogP contribution in [0.4, 0.5) is 0 Å². The van der Waals surface area contributed by atoms with Gasteiger partial charge in [0.15, 0.2) is 0 Å². The van der Waals surface area contributed by atoms with Crippen LogP contribution in [0.2, 0.25) is 0 Å². The molecular formula is C6H9NOS. The number of nitrogens with zero attached hydrogens (tertiary/aromatic N) is 1. The predicted molar refractivity (Wildman–Crippen MR) is 38.6 cm³/mol. The Labute approximate surface area is 59.6 Å². The molecule has 1 atom stereocenters. The first-order chi connectivity index (χ1) is 4.20. The maximum absolute atomic E-state index is 4.90. The normalized spacial score (nSPS) is 13.7. The molecular weight excluding hydrogens is 134 g/mol. The van der Waals surface area contributed by atoms with Gasteiger partial charge < -0.3 is 4.52 Å². The molecule has 0 aliphatic heterocycles. The van der Waals surface area contributed by atoms with Crippen LogP contribution in [0.5, 0.6) is 0 Å². The van der Waals surface area contributed by atoms with Crippen molar-refractivity contribution in [3.63, 3.8) is 0 Å². The highest BCUT2D eigenvalue weighted by Crippen LogP contribution is 2.18. The van der Waals surface area contributed by atoms with E-state index in [1.807, 2.05) is 19.9 Å². The van der Waals surface area contributed by atoms with Crippen LogP contribution in [0, 0.1) is 6.92 Å². The molecule has 0 spiro atoms. The summed E-state index contributed by atoms with van der Waals surface area (Å²) in [6, 6.07) is 1.89. The fraction of sp³-hybridized carbons (Fsp3) is 0.500. The number of rotatable bonds is 1. The molecule has 1 aromatic rings. The highest BCUT2D eigenvalue weighted by atomic mass is 32.1. The zero-order valence-corrected chi connectivity index (χ0v) is 6.35. The molecule has 1 unspecified atom stereocenters. The summed E-state index contributed by atoms with van der Waals surface area (Å²) in [5.41, 5.74) is 0.908. The first-order valence-corrected chi connectivity index (χ1v) is 3.33. The van der Waals surface area contributed by atoms with Gasteiger partial charge in [0.05, 0.1) is 10.9 Å². The number of thiol groups is 1. The summed E-state index contributed by atoms with van der Waals surface area (Å²) in [4.78, 5) is 0. The van der Waals surface area contributed by atoms with Crippen LogP contribution < -0.4 is 0 Å². The molecule has 0 fully saturated rings. The topological polar surface area (TPSA) is 26.0 Å². The molecule has 1 rings (SSSR count). The van der Waals surface area contributed by atoms with E-state index >= 15 is 0 Å². The summed E-state index contributed by atoms with van der Waals surface area (Å²) < 4.78 is 4.90. The van der Waals surface area contributed by atoms with Gasteiger partial charge >= 0.3 is 0 Å². The second-order valence-corrected chi connectivity index (χ2v) is 2.82. The van der Waals surface area contributed by atoms with Crippen LogP contribution in [0.1, 0.15) is 23.6 Å². The van der Waals surface area contributed by atoms with Crippen molar-refractivity contribution in [1.82, 2.24) is 5.16 Å². The highest BCUT2D eigenvalue weighted by molar-refractivity contribution is 7.80. The fourth-order valence-electron chi connectivity index (χ4n) is 0.580. The number of aromatic nitrogens is 1. The summed E-state index contributed by atoms with van der Waals surface area (Å²) >= 11 is 4.17. The summed E-state index contributed by atoms with van der Waals surface area (Å²) in [5.74, 6) is 0.829. The largest absolute Gasteiger partial charge is 0.360 e. The minimum Gasteiger partial charge on any atom is -0.360 e. The molecule has 0 amide bonds. The quantitative estimate of drug-likeness (QED) is 0.608. The summed E-state index contributed by atoms with van der Waals surface area (Å²) in [7, 11) is 0. The van der Waals surface area contributed by atoms with Gasteiger partial charge in [0.1, 0.15) is 5.76 Å². The third-order valence-electron chi connectivity index (χ3n) is 1.06. The van der Waals surface area contributed by atoms with Gasteiger partial charge in [0, 0.05) is 6.07 Å². The third-order valence-corrected chi connectivity index (χ3v) is 1.31. The lowest BCUT2D eigenvalue weighted by atomic mass is 10.3. The summed E-state index contributed by atoms with van der Waals surface area (Å²) in [5, 5.41) is 3.86. The molecule has 0 aliphatic carbocycles. The van der Waals surface area contributed by atoms with Crippen LogP contribution in [0.25, 0.3) is 0 Å². The second kappa shape index (κ2) is 2.43. The van der Waals surface area contributed by atoms with E-state index < -0.39 is 0 Å². The van der Waals surface area contributed by atoms with Gasteiger partial charge in [-0.05, 0) is 13.8 Å². The summed E-state index contributed by atoms with van der Waals surface area (Å²) in [6.07, 6.45) is 0. The van der Waals surface area contributed by atoms with E-state index in [9.17, 15) is 0 Å². The zero-order chi connectivity index (χ0) is 6.85. The Morgan fingerprint density at radius 3 is 2.67 bits per heavy atom. The van der Waals surface area contributed by atoms with Gasteiger partial charge in [-0.3, -0.25) is 0 Å². The van der Waals surface area contributed by atoms with Crippen molar-refractivity contribution in [3.05, 3.63) is 17.5 Å². The van der Waals surface area contributed by atoms with Gasteiger partial charge in [-0.2, -0.15) is 12.6 Å². The van der Waals surface area contributed by atoms with Crippen molar-refractivity contribution < 1.29 is 4.52 Å². The van der Waals surface area contributed by atoms with Crippen LogP contribution in [0.3, 0.4) is 0 Å². The molecule has 50 valence electrons. The molecule has 9 heavy (non-hydrogen) atoms. The van der Waals surface area contributed by atoms with E-state index in [-0.39, 0.29) is 5.25 Å².